The number of urea groups is 1. The van der Waals surface area contributed by atoms with Crippen LogP contribution in [0.15, 0.2) is 78.9 Å². The largest absolute Gasteiger partial charge is 0.370 e. The number of anilines is 3. The first-order valence-electron chi connectivity index (χ1n) is 10.1. The molecule has 7 heteroatoms. The van der Waals surface area contributed by atoms with Gasteiger partial charge in [-0.2, -0.15) is 0 Å². The van der Waals surface area contributed by atoms with Crippen LogP contribution >= 0.6 is 0 Å². The Balaban J connectivity index is 1.46. The molecule has 158 valence electrons. The highest BCUT2D eigenvalue weighted by molar-refractivity contribution is 5.97. The molecule has 0 saturated heterocycles. The minimum absolute atomic E-state index is 0.218. The zero-order chi connectivity index (χ0) is 21.6. The summed E-state index contributed by atoms with van der Waals surface area (Å²) in [5.41, 5.74) is 2.68. The Morgan fingerprint density at radius 1 is 0.774 bits per heavy atom. The minimum atomic E-state index is -0.664. The van der Waals surface area contributed by atoms with Crippen molar-refractivity contribution < 1.29 is 14.0 Å². The summed E-state index contributed by atoms with van der Waals surface area (Å²) in [4.78, 5) is 24.9. The molecule has 0 radical (unpaired) electrons. The van der Waals surface area contributed by atoms with E-state index in [0.29, 0.717) is 11.4 Å². The van der Waals surface area contributed by atoms with Crippen LogP contribution in [0.25, 0.3) is 0 Å². The molecule has 6 nitrogen and oxygen atoms in total. The molecule has 0 bridgehead atoms. The van der Waals surface area contributed by atoms with E-state index in [1.807, 2.05) is 30.3 Å². The number of hydrogen-bond acceptors (Lipinski definition) is 3. The Morgan fingerprint density at radius 2 is 1.35 bits per heavy atom. The SMILES string of the molecule is O=C(Nc1ccc(NC(C(=O)Nc2ccc(F)cc2)c2ccccc2)cc1)NC1CC1. The fourth-order valence-corrected chi connectivity index (χ4v) is 3.09. The van der Waals surface area contributed by atoms with Gasteiger partial charge < -0.3 is 21.3 Å². The second-order valence-electron chi connectivity index (χ2n) is 7.43. The monoisotopic (exact) mass is 418 g/mol. The number of nitrogens with one attached hydrogen (secondary N) is 4. The van der Waals surface area contributed by atoms with Gasteiger partial charge in [-0.1, -0.05) is 30.3 Å². The van der Waals surface area contributed by atoms with Crippen molar-refractivity contribution in [3.8, 4) is 0 Å². The third-order valence-corrected chi connectivity index (χ3v) is 4.87. The van der Waals surface area contributed by atoms with E-state index >= 15 is 0 Å². The standard InChI is InChI=1S/C24H23FN4O2/c25-17-6-8-19(9-7-17)27-23(30)22(16-4-2-1-3-5-16)26-18-10-12-20(13-11-18)28-24(31)29-21-14-15-21/h1-13,21-22,26H,14-15H2,(H,27,30)(H2,28,29,31). The maximum atomic E-state index is 13.2. The maximum Gasteiger partial charge on any atom is 0.319 e. The van der Waals surface area contributed by atoms with Crippen molar-refractivity contribution in [3.63, 3.8) is 0 Å². The molecule has 0 aromatic heterocycles. The fourth-order valence-electron chi connectivity index (χ4n) is 3.09. The number of amides is 3. The van der Waals surface area contributed by atoms with Crippen LogP contribution in [0.1, 0.15) is 24.4 Å². The summed E-state index contributed by atoms with van der Waals surface area (Å²) in [6.45, 7) is 0. The van der Waals surface area contributed by atoms with Crippen molar-refractivity contribution >= 4 is 29.0 Å². The first-order chi connectivity index (χ1) is 15.1. The summed E-state index contributed by atoms with van der Waals surface area (Å²) in [6.07, 6.45) is 2.05. The third-order valence-electron chi connectivity index (χ3n) is 4.87. The highest BCUT2D eigenvalue weighted by Crippen LogP contribution is 2.24. The lowest BCUT2D eigenvalue weighted by Crippen LogP contribution is -2.30. The molecule has 0 spiro atoms. The number of carbonyl (C=O) groups excluding carboxylic acids is 2. The summed E-state index contributed by atoms with van der Waals surface area (Å²) >= 11 is 0. The molecule has 1 aliphatic rings. The number of benzene rings is 3. The number of halogens is 1. The minimum Gasteiger partial charge on any atom is -0.370 e. The predicted molar refractivity (Wildman–Crippen MR) is 119 cm³/mol. The average molecular weight is 418 g/mol. The van der Waals surface area contributed by atoms with Crippen molar-refractivity contribution in [1.29, 1.82) is 0 Å². The second-order valence-corrected chi connectivity index (χ2v) is 7.43. The van der Waals surface area contributed by atoms with Gasteiger partial charge in [0.15, 0.2) is 0 Å². The average Bonchev–Trinajstić information content (AvgIpc) is 3.59. The van der Waals surface area contributed by atoms with Crippen LogP contribution in [0.2, 0.25) is 0 Å². The topological polar surface area (TPSA) is 82.3 Å². The van der Waals surface area contributed by atoms with Crippen molar-refractivity contribution in [2.75, 3.05) is 16.0 Å². The Kier molecular flexibility index (Phi) is 6.12. The van der Waals surface area contributed by atoms with Gasteiger partial charge in [0.1, 0.15) is 11.9 Å². The van der Waals surface area contributed by atoms with Gasteiger partial charge in [-0.25, -0.2) is 9.18 Å². The van der Waals surface area contributed by atoms with E-state index in [0.717, 1.165) is 24.1 Å². The van der Waals surface area contributed by atoms with Crippen molar-refractivity contribution in [1.82, 2.24) is 5.32 Å². The number of rotatable bonds is 7. The zero-order valence-corrected chi connectivity index (χ0v) is 16.8. The molecule has 4 N–H and O–H groups in total. The van der Waals surface area contributed by atoms with Crippen molar-refractivity contribution in [2.45, 2.75) is 24.9 Å². The molecule has 1 atom stereocenters. The van der Waals surface area contributed by atoms with Gasteiger partial charge in [0.05, 0.1) is 0 Å². The van der Waals surface area contributed by atoms with E-state index in [2.05, 4.69) is 21.3 Å². The Bertz CT molecular complexity index is 1040. The predicted octanol–water partition coefficient (Wildman–Crippen LogP) is 4.90. The Morgan fingerprint density at radius 3 is 2.00 bits per heavy atom. The van der Waals surface area contributed by atoms with Crippen LogP contribution in [0, 0.1) is 5.82 Å². The molecule has 3 amide bonds. The molecule has 4 rings (SSSR count). The van der Waals surface area contributed by atoms with Crippen LogP contribution in [0.5, 0.6) is 0 Å². The van der Waals surface area contributed by atoms with E-state index < -0.39 is 6.04 Å². The summed E-state index contributed by atoms with van der Waals surface area (Å²) in [7, 11) is 0. The molecular formula is C24H23FN4O2. The van der Waals surface area contributed by atoms with Crippen LogP contribution < -0.4 is 21.3 Å². The molecule has 1 fully saturated rings. The molecule has 0 aliphatic heterocycles. The molecule has 1 unspecified atom stereocenters. The normalized spacial score (nSPS) is 13.7. The molecule has 31 heavy (non-hydrogen) atoms. The van der Waals surface area contributed by atoms with Gasteiger partial charge in [-0.15, -0.1) is 0 Å². The lowest BCUT2D eigenvalue weighted by atomic mass is 10.1. The van der Waals surface area contributed by atoms with Gasteiger partial charge in [-0.05, 0) is 66.9 Å². The highest BCUT2D eigenvalue weighted by atomic mass is 19.1. The highest BCUT2D eigenvalue weighted by Gasteiger charge is 2.23. The summed E-state index contributed by atoms with van der Waals surface area (Å²) in [5.74, 6) is -0.640. The van der Waals surface area contributed by atoms with Crippen molar-refractivity contribution in [2.24, 2.45) is 0 Å². The van der Waals surface area contributed by atoms with Gasteiger partial charge in [-0.3, -0.25) is 4.79 Å². The second kappa shape index (κ2) is 9.30. The van der Waals surface area contributed by atoms with Crippen LogP contribution in [-0.4, -0.2) is 18.0 Å². The molecule has 1 aliphatic carbocycles. The van der Waals surface area contributed by atoms with E-state index in [1.165, 1.54) is 24.3 Å². The van der Waals surface area contributed by atoms with Gasteiger partial charge in [0.25, 0.3) is 5.91 Å². The Labute approximate surface area is 179 Å². The van der Waals surface area contributed by atoms with Crippen LogP contribution in [-0.2, 0) is 4.79 Å². The summed E-state index contributed by atoms with van der Waals surface area (Å²) in [6, 6.07) is 21.5. The quantitative estimate of drug-likeness (QED) is 0.440. The van der Waals surface area contributed by atoms with Crippen LogP contribution in [0.4, 0.5) is 26.2 Å². The maximum absolute atomic E-state index is 13.2. The van der Waals surface area contributed by atoms with E-state index in [-0.39, 0.29) is 23.8 Å². The van der Waals surface area contributed by atoms with Crippen molar-refractivity contribution in [3.05, 3.63) is 90.2 Å². The fraction of sp³-hybridized carbons (Fsp3) is 0.167. The smallest absolute Gasteiger partial charge is 0.319 e. The lowest BCUT2D eigenvalue weighted by molar-refractivity contribution is -0.117. The van der Waals surface area contributed by atoms with Gasteiger partial charge >= 0.3 is 6.03 Å². The van der Waals surface area contributed by atoms with Gasteiger partial charge in [0.2, 0.25) is 0 Å². The molecule has 3 aromatic rings. The molecule has 0 heterocycles. The molecule has 1 saturated carbocycles. The Hall–Kier alpha value is -3.87. The summed E-state index contributed by atoms with van der Waals surface area (Å²) in [5, 5.41) is 11.7. The molecular weight excluding hydrogens is 395 g/mol. The van der Waals surface area contributed by atoms with E-state index in [9.17, 15) is 14.0 Å². The number of carbonyl (C=O) groups is 2. The van der Waals surface area contributed by atoms with E-state index in [1.54, 1.807) is 24.3 Å². The third kappa shape index (κ3) is 5.82. The van der Waals surface area contributed by atoms with Gasteiger partial charge in [0, 0.05) is 23.1 Å². The van der Waals surface area contributed by atoms with Crippen LogP contribution in [0.3, 0.4) is 0 Å². The summed E-state index contributed by atoms with van der Waals surface area (Å²) < 4.78 is 13.2. The number of hydrogen-bond donors (Lipinski definition) is 4. The zero-order valence-electron chi connectivity index (χ0n) is 16.8. The first-order valence-corrected chi connectivity index (χ1v) is 10.1. The van der Waals surface area contributed by atoms with E-state index in [4.69, 9.17) is 0 Å². The first kappa shape index (κ1) is 20.4. The molecule has 3 aromatic carbocycles. The lowest BCUT2D eigenvalue weighted by Gasteiger charge is -2.20.